The van der Waals surface area contributed by atoms with E-state index in [-0.39, 0.29) is 11.9 Å². The average molecular weight is 395 g/mol. The summed E-state index contributed by atoms with van der Waals surface area (Å²) in [5.74, 6) is 0.290. The van der Waals surface area contributed by atoms with Gasteiger partial charge in [0.15, 0.2) is 0 Å². The third kappa shape index (κ3) is 5.67. The maximum Gasteiger partial charge on any atom is 0.337 e. The molecule has 0 aromatic heterocycles. The molecule has 0 aliphatic carbocycles. The highest BCUT2D eigenvalue weighted by atomic mass is 16.5. The third-order valence-corrected chi connectivity index (χ3v) is 5.65. The molecular weight excluding hydrogens is 364 g/mol. The van der Waals surface area contributed by atoms with E-state index in [0.29, 0.717) is 23.9 Å². The molecule has 2 atom stereocenters. The third-order valence-electron chi connectivity index (χ3n) is 5.65. The second-order valence-corrected chi connectivity index (χ2v) is 7.70. The lowest BCUT2D eigenvalue weighted by Crippen LogP contribution is -2.37. The molecule has 0 saturated carbocycles. The van der Waals surface area contributed by atoms with Crippen LogP contribution < -0.4 is 5.32 Å². The lowest BCUT2D eigenvalue weighted by Gasteiger charge is -2.28. The van der Waals surface area contributed by atoms with Gasteiger partial charge in [-0.15, -0.1) is 0 Å². The Bertz CT molecular complexity index is 805. The molecule has 1 amide bonds. The van der Waals surface area contributed by atoms with Crippen molar-refractivity contribution >= 4 is 11.9 Å². The van der Waals surface area contributed by atoms with Crippen molar-refractivity contribution in [2.24, 2.45) is 0 Å². The van der Waals surface area contributed by atoms with Gasteiger partial charge < -0.3 is 15.0 Å². The molecule has 1 fully saturated rings. The van der Waals surface area contributed by atoms with Gasteiger partial charge >= 0.3 is 5.97 Å². The number of hydrogen-bond donors (Lipinski definition) is 1. The molecular formula is C24H30N2O3. The Morgan fingerprint density at radius 3 is 2.59 bits per heavy atom. The Balaban J connectivity index is 1.45. The predicted octanol–water partition coefficient (Wildman–Crippen LogP) is 3.75. The Labute approximate surface area is 173 Å². The fourth-order valence-corrected chi connectivity index (χ4v) is 3.90. The average Bonchev–Trinajstić information content (AvgIpc) is 3.11. The molecule has 1 aliphatic rings. The van der Waals surface area contributed by atoms with Crippen LogP contribution in [0.4, 0.5) is 0 Å². The highest BCUT2D eigenvalue weighted by Gasteiger charge is 2.31. The van der Waals surface area contributed by atoms with Crippen LogP contribution in [0.25, 0.3) is 0 Å². The smallest absolute Gasteiger partial charge is 0.337 e. The van der Waals surface area contributed by atoms with Crippen molar-refractivity contribution in [1.29, 1.82) is 0 Å². The summed E-state index contributed by atoms with van der Waals surface area (Å²) in [5.41, 5.74) is 2.96. The van der Waals surface area contributed by atoms with Crippen LogP contribution in [0.5, 0.6) is 0 Å². The number of ether oxygens (including phenoxy) is 1. The van der Waals surface area contributed by atoms with Gasteiger partial charge in [-0.2, -0.15) is 0 Å². The Hall–Kier alpha value is -2.66. The van der Waals surface area contributed by atoms with Gasteiger partial charge in [-0.1, -0.05) is 49.4 Å². The zero-order chi connectivity index (χ0) is 20.6. The summed E-state index contributed by atoms with van der Waals surface area (Å²) in [4.78, 5) is 25.9. The van der Waals surface area contributed by atoms with Crippen LogP contribution in [0.3, 0.4) is 0 Å². The standard InChI is InChI=1S/C24H30N2O3/c1-18(20-6-4-3-5-7-20)17-26-22(12-13-23(26)27)14-15-25-16-19-8-10-21(11-9-19)24(28)29-2/h3-11,18,22,25H,12-17H2,1-2H3/t18-,22-/m0/s1. The van der Waals surface area contributed by atoms with Gasteiger partial charge in [0.25, 0.3) is 0 Å². The van der Waals surface area contributed by atoms with Crippen LogP contribution in [0.1, 0.15) is 53.6 Å². The molecule has 0 unspecified atom stereocenters. The molecule has 0 bridgehead atoms. The van der Waals surface area contributed by atoms with Crippen molar-refractivity contribution in [1.82, 2.24) is 10.2 Å². The molecule has 3 rings (SSSR count). The molecule has 2 aromatic carbocycles. The number of esters is 1. The number of hydrogen-bond acceptors (Lipinski definition) is 4. The number of nitrogens with one attached hydrogen (secondary N) is 1. The van der Waals surface area contributed by atoms with Gasteiger partial charge in [-0.05, 0) is 48.6 Å². The number of carbonyl (C=O) groups is 2. The molecule has 0 radical (unpaired) electrons. The first-order chi connectivity index (χ1) is 14.1. The van der Waals surface area contributed by atoms with Crippen LogP contribution in [0.2, 0.25) is 0 Å². The summed E-state index contributed by atoms with van der Waals surface area (Å²) in [6, 6.07) is 18.1. The summed E-state index contributed by atoms with van der Waals surface area (Å²) in [7, 11) is 1.38. The molecule has 1 saturated heterocycles. The second-order valence-electron chi connectivity index (χ2n) is 7.70. The molecule has 2 aromatic rings. The first kappa shape index (κ1) is 21.1. The maximum atomic E-state index is 12.4. The van der Waals surface area contributed by atoms with Gasteiger partial charge in [0.05, 0.1) is 12.7 Å². The van der Waals surface area contributed by atoms with E-state index in [1.54, 1.807) is 12.1 Å². The van der Waals surface area contributed by atoms with Crippen molar-refractivity contribution in [3.63, 3.8) is 0 Å². The number of amides is 1. The van der Waals surface area contributed by atoms with E-state index >= 15 is 0 Å². The highest BCUT2D eigenvalue weighted by molar-refractivity contribution is 5.89. The van der Waals surface area contributed by atoms with Crippen molar-refractivity contribution in [3.05, 3.63) is 71.3 Å². The lowest BCUT2D eigenvalue weighted by molar-refractivity contribution is -0.129. The summed E-state index contributed by atoms with van der Waals surface area (Å²) >= 11 is 0. The molecule has 1 N–H and O–H groups in total. The molecule has 5 heteroatoms. The SMILES string of the molecule is COC(=O)c1ccc(CNCC[C@@H]2CCC(=O)N2C[C@H](C)c2ccccc2)cc1. The van der Waals surface area contributed by atoms with E-state index in [4.69, 9.17) is 4.74 Å². The molecule has 154 valence electrons. The zero-order valence-electron chi connectivity index (χ0n) is 17.3. The van der Waals surface area contributed by atoms with Gasteiger partial charge in [0.2, 0.25) is 5.91 Å². The van der Waals surface area contributed by atoms with Gasteiger partial charge in [-0.25, -0.2) is 4.79 Å². The Kier molecular flexibility index (Phi) is 7.42. The summed E-state index contributed by atoms with van der Waals surface area (Å²) in [6.45, 7) is 4.56. The van der Waals surface area contributed by atoms with Gasteiger partial charge in [0, 0.05) is 25.6 Å². The maximum absolute atomic E-state index is 12.4. The minimum atomic E-state index is -0.319. The lowest BCUT2D eigenvalue weighted by atomic mass is 10.00. The minimum absolute atomic E-state index is 0.274. The fraction of sp³-hybridized carbons (Fsp3) is 0.417. The highest BCUT2D eigenvalue weighted by Crippen LogP contribution is 2.25. The second kappa shape index (κ2) is 10.2. The quantitative estimate of drug-likeness (QED) is 0.520. The number of rotatable bonds is 9. The van der Waals surface area contributed by atoms with Gasteiger partial charge in [0.1, 0.15) is 0 Å². The number of carbonyl (C=O) groups excluding carboxylic acids is 2. The van der Waals surface area contributed by atoms with E-state index in [9.17, 15) is 9.59 Å². The summed E-state index contributed by atoms with van der Waals surface area (Å²) < 4.78 is 4.72. The summed E-state index contributed by atoms with van der Waals surface area (Å²) in [6.07, 6.45) is 2.55. The van der Waals surface area contributed by atoms with E-state index in [1.807, 2.05) is 18.2 Å². The van der Waals surface area contributed by atoms with Crippen LogP contribution in [-0.4, -0.2) is 43.0 Å². The topological polar surface area (TPSA) is 58.6 Å². The number of methoxy groups -OCH3 is 1. The number of nitrogens with zero attached hydrogens (tertiary/aromatic N) is 1. The minimum Gasteiger partial charge on any atom is -0.465 e. The van der Waals surface area contributed by atoms with Crippen molar-refractivity contribution in [2.45, 2.75) is 44.7 Å². The molecule has 1 heterocycles. The number of benzene rings is 2. The van der Waals surface area contributed by atoms with E-state index < -0.39 is 0 Å². The zero-order valence-corrected chi connectivity index (χ0v) is 17.3. The van der Waals surface area contributed by atoms with E-state index in [1.165, 1.54) is 12.7 Å². The summed E-state index contributed by atoms with van der Waals surface area (Å²) in [5, 5.41) is 3.46. The Morgan fingerprint density at radius 1 is 1.17 bits per heavy atom. The van der Waals surface area contributed by atoms with Crippen LogP contribution in [0.15, 0.2) is 54.6 Å². The van der Waals surface area contributed by atoms with Gasteiger partial charge in [-0.3, -0.25) is 4.79 Å². The molecule has 29 heavy (non-hydrogen) atoms. The predicted molar refractivity (Wildman–Crippen MR) is 114 cm³/mol. The van der Waals surface area contributed by atoms with Crippen LogP contribution >= 0.6 is 0 Å². The molecule has 5 nitrogen and oxygen atoms in total. The molecule has 1 aliphatic heterocycles. The van der Waals surface area contributed by atoms with Crippen molar-refractivity contribution < 1.29 is 14.3 Å². The first-order valence-electron chi connectivity index (χ1n) is 10.3. The largest absolute Gasteiger partial charge is 0.465 e. The fourth-order valence-electron chi connectivity index (χ4n) is 3.90. The Morgan fingerprint density at radius 2 is 1.90 bits per heavy atom. The normalized spacial score (nSPS) is 17.4. The first-order valence-corrected chi connectivity index (χ1v) is 10.3. The van der Waals surface area contributed by atoms with Crippen LogP contribution in [-0.2, 0) is 16.1 Å². The van der Waals surface area contributed by atoms with Crippen molar-refractivity contribution in [3.8, 4) is 0 Å². The van der Waals surface area contributed by atoms with Crippen LogP contribution in [0, 0.1) is 0 Å². The molecule has 0 spiro atoms. The number of likely N-dealkylation sites (tertiary alicyclic amines) is 1. The van der Waals surface area contributed by atoms with E-state index in [2.05, 4.69) is 41.4 Å². The van der Waals surface area contributed by atoms with Crippen molar-refractivity contribution in [2.75, 3.05) is 20.2 Å². The monoisotopic (exact) mass is 394 g/mol. The van der Waals surface area contributed by atoms with E-state index in [0.717, 1.165) is 38.0 Å².